The fraction of sp³-hybridized carbons (Fsp3) is 0.294. The maximum absolute atomic E-state index is 13.5. The highest BCUT2D eigenvalue weighted by molar-refractivity contribution is 5.91. The molecule has 1 aromatic heterocycles. The Balaban J connectivity index is 1.51. The molecule has 8 heteroatoms. The molecule has 0 saturated carbocycles. The maximum atomic E-state index is 13.5. The van der Waals surface area contributed by atoms with E-state index in [9.17, 15) is 18.4 Å². The summed E-state index contributed by atoms with van der Waals surface area (Å²) in [5.74, 6) is -1.74. The Morgan fingerprint density at radius 1 is 1.00 bits per heavy atom. The van der Waals surface area contributed by atoms with Crippen molar-refractivity contribution < 1.29 is 22.8 Å². The number of amides is 2. The van der Waals surface area contributed by atoms with Crippen molar-refractivity contribution in [3.63, 3.8) is 0 Å². The maximum Gasteiger partial charge on any atom is 0.289 e. The Kier molecular flexibility index (Phi) is 4.97. The van der Waals surface area contributed by atoms with Gasteiger partial charge in [-0.15, -0.1) is 0 Å². The Hall–Kier alpha value is -2.90. The molecule has 1 aromatic carbocycles. The number of para-hydroxylation sites is 1. The van der Waals surface area contributed by atoms with Crippen LogP contribution >= 0.6 is 0 Å². The van der Waals surface area contributed by atoms with E-state index in [1.807, 2.05) is 0 Å². The summed E-state index contributed by atoms with van der Waals surface area (Å²) in [4.78, 5) is 27.5. The summed E-state index contributed by atoms with van der Waals surface area (Å²) in [6.07, 6.45) is 1.43. The van der Waals surface area contributed by atoms with Crippen molar-refractivity contribution in [1.82, 2.24) is 9.80 Å². The van der Waals surface area contributed by atoms with E-state index in [-0.39, 0.29) is 29.8 Å². The summed E-state index contributed by atoms with van der Waals surface area (Å²) in [6, 6.07) is 6.73. The topological polar surface area (TPSA) is 65.8 Å². The van der Waals surface area contributed by atoms with E-state index in [4.69, 9.17) is 4.42 Å². The van der Waals surface area contributed by atoms with E-state index >= 15 is 0 Å². The molecule has 2 heterocycles. The zero-order chi connectivity index (χ0) is 17.8. The minimum Gasteiger partial charge on any atom is -0.459 e. The van der Waals surface area contributed by atoms with Gasteiger partial charge in [-0.3, -0.25) is 9.59 Å². The van der Waals surface area contributed by atoms with Gasteiger partial charge >= 0.3 is 0 Å². The van der Waals surface area contributed by atoms with Crippen molar-refractivity contribution >= 4 is 17.5 Å². The fourth-order valence-electron chi connectivity index (χ4n) is 2.66. The van der Waals surface area contributed by atoms with Crippen LogP contribution in [0.5, 0.6) is 0 Å². The zero-order valence-corrected chi connectivity index (χ0v) is 13.4. The number of carbonyl (C=O) groups is 2. The number of nitrogens with zero attached hydrogens (tertiary/aromatic N) is 2. The molecule has 1 aliphatic heterocycles. The standard InChI is InChI=1S/C17H17F2N3O3/c18-12-3-1-4-13(19)16(12)20-11-15(23)21-6-8-22(9-7-21)17(24)14-5-2-10-25-14/h1-5,10,20H,6-9,11H2. The number of rotatable bonds is 4. The lowest BCUT2D eigenvalue weighted by atomic mass is 10.2. The van der Waals surface area contributed by atoms with Crippen LogP contribution in [-0.2, 0) is 4.79 Å². The van der Waals surface area contributed by atoms with Crippen LogP contribution in [0.25, 0.3) is 0 Å². The van der Waals surface area contributed by atoms with Gasteiger partial charge in [0.15, 0.2) is 5.76 Å². The van der Waals surface area contributed by atoms with E-state index in [1.54, 1.807) is 21.9 Å². The van der Waals surface area contributed by atoms with Gasteiger partial charge in [0.25, 0.3) is 5.91 Å². The molecule has 0 radical (unpaired) electrons. The van der Waals surface area contributed by atoms with Crippen LogP contribution in [-0.4, -0.2) is 54.3 Å². The van der Waals surface area contributed by atoms with E-state index < -0.39 is 11.6 Å². The third-order valence-electron chi connectivity index (χ3n) is 4.03. The van der Waals surface area contributed by atoms with Crippen LogP contribution in [0, 0.1) is 11.6 Å². The molecular formula is C17H17F2N3O3. The van der Waals surface area contributed by atoms with Crippen LogP contribution in [0.2, 0.25) is 0 Å². The number of nitrogens with one attached hydrogen (secondary N) is 1. The average Bonchev–Trinajstić information content (AvgIpc) is 3.15. The molecular weight excluding hydrogens is 332 g/mol. The largest absolute Gasteiger partial charge is 0.459 e. The third-order valence-corrected chi connectivity index (χ3v) is 4.03. The van der Waals surface area contributed by atoms with Crippen molar-refractivity contribution in [2.24, 2.45) is 0 Å². The highest BCUT2D eigenvalue weighted by Gasteiger charge is 2.26. The molecule has 0 bridgehead atoms. The Labute approximate surface area is 143 Å². The number of anilines is 1. The molecule has 0 spiro atoms. The number of hydrogen-bond acceptors (Lipinski definition) is 4. The van der Waals surface area contributed by atoms with Crippen LogP contribution in [0.4, 0.5) is 14.5 Å². The van der Waals surface area contributed by atoms with Gasteiger partial charge < -0.3 is 19.5 Å². The first-order chi connectivity index (χ1) is 12.1. The summed E-state index contributed by atoms with van der Waals surface area (Å²) < 4.78 is 32.2. The lowest BCUT2D eigenvalue weighted by Gasteiger charge is -2.34. The van der Waals surface area contributed by atoms with Gasteiger partial charge in [-0.1, -0.05) is 6.07 Å². The van der Waals surface area contributed by atoms with Crippen molar-refractivity contribution in [1.29, 1.82) is 0 Å². The molecule has 2 amide bonds. The first kappa shape index (κ1) is 16.9. The fourth-order valence-corrected chi connectivity index (χ4v) is 2.66. The van der Waals surface area contributed by atoms with Crippen LogP contribution < -0.4 is 5.32 Å². The van der Waals surface area contributed by atoms with Gasteiger partial charge in [-0.05, 0) is 24.3 Å². The molecule has 2 aromatic rings. The van der Waals surface area contributed by atoms with E-state index in [2.05, 4.69) is 5.32 Å². The minimum absolute atomic E-state index is 0.218. The van der Waals surface area contributed by atoms with E-state index in [0.717, 1.165) is 12.1 Å². The monoisotopic (exact) mass is 349 g/mol. The van der Waals surface area contributed by atoms with Gasteiger partial charge in [0.1, 0.15) is 17.3 Å². The Morgan fingerprint density at radius 3 is 2.24 bits per heavy atom. The summed E-state index contributed by atoms with van der Waals surface area (Å²) in [7, 11) is 0. The second-order valence-corrected chi connectivity index (χ2v) is 5.60. The average molecular weight is 349 g/mol. The zero-order valence-electron chi connectivity index (χ0n) is 13.4. The van der Waals surface area contributed by atoms with Crippen molar-refractivity contribution in [2.75, 3.05) is 38.0 Å². The second-order valence-electron chi connectivity index (χ2n) is 5.60. The molecule has 3 rings (SSSR count). The van der Waals surface area contributed by atoms with Crippen LogP contribution in [0.1, 0.15) is 10.6 Å². The summed E-state index contributed by atoms with van der Waals surface area (Å²) >= 11 is 0. The predicted octanol–water partition coefficient (Wildman–Crippen LogP) is 1.95. The molecule has 132 valence electrons. The summed E-state index contributed by atoms with van der Waals surface area (Å²) in [5.41, 5.74) is -0.317. The van der Waals surface area contributed by atoms with E-state index in [1.165, 1.54) is 12.3 Å². The molecule has 6 nitrogen and oxygen atoms in total. The molecule has 1 aliphatic rings. The highest BCUT2D eigenvalue weighted by atomic mass is 19.1. The van der Waals surface area contributed by atoms with Gasteiger partial charge in [0.05, 0.1) is 12.8 Å². The Bertz CT molecular complexity index is 736. The molecule has 1 N–H and O–H groups in total. The number of furan rings is 1. The first-order valence-corrected chi connectivity index (χ1v) is 7.84. The van der Waals surface area contributed by atoms with Gasteiger partial charge in [0, 0.05) is 26.2 Å². The molecule has 1 saturated heterocycles. The number of carbonyl (C=O) groups excluding carboxylic acids is 2. The second kappa shape index (κ2) is 7.33. The lowest BCUT2D eigenvalue weighted by molar-refractivity contribution is -0.130. The number of halogens is 2. The van der Waals surface area contributed by atoms with Crippen LogP contribution in [0.3, 0.4) is 0 Å². The first-order valence-electron chi connectivity index (χ1n) is 7.84. The number of hydrogen-bond donors (Lipinski definition) is 1. The lowest BCUT2D eigenvalue weighted by Crippen LogP contribution is -2.51. The number of piperazine rings is 1. The highest BCUT2D eigenvalue weighted by Crippen LogP contribution is 2.17. The smallest absolute Gasteiger partial charge is 0.289 e. The molecule has 25 heavy (non-hydrogen) atoms. The molecule has 0 atom stereocenters. The van der Waals surface area contributed by atoms with Crippen molar-refractivity contribution in [3.05, 3.63) is 54.0 Å². The summed E-state index contributed by atoms with van der Waals surface area (Å²) in [6.45, 7) is 1.24. The van der Waals surface area contributed by atoms with Gasteiger partial charge in [-0.2, -0.15) is 0 Å². The van der Waals surface area contributed by atoms with Crippen LogP contribution in [0.15, 0.2) is 41.0 Å². The molecule has 1 fully saturated rings. The summed E-state index contributed by atoms with van der Waals surface area (Å²) in [5, 5.41) is 2.50. The van der Waals surface area contributed by atoms with E-state index in [0.29, 0.717) is 26.2 Å². The van der Waals surface area contributed by atoms with Gasteiger partial charge in [-0.25, -0.2) is 8.78 Å². The van der Waals surface area contributed by atoms with Gasteiger partial charge in [0.2, 0.25) is 5.91 Å². The minimum atomic E-state index is -0.748. The van der Waals surface area contributed by atoms with Crippen molar-refractivity contribution in [2.45, 2.75) is 0 Å². The molecule has 0 aliphatic carbocycles. The predicted molar refractivity (Wildman–Crippen MR) is 86.0 cm³/mol. The quantitative estimate of drug-likeness (QED) is 0.916. The SMILES string of the molecule is O=C(CNc1c(F)cccc1F)N1CCN(C(=O)c2ccco2)CC1. The number of benzene rings is 1. The normalized spacial score (nSPS) is 14.5. The molecule has 0 unspecified atom stereocenters. The Morgan fingerprint density at radius 2 is 1.64 bits per heavy atom. The third kappa shape index (κ3) is 3.78. The van der Waals surface area contributed by atoms with Crippen molar-refractivity contribution in [3.8, 4) is 0 Å².